The van der Waals surface area contributed by atoms with Crippen LogP contribution in [0.15, 0.2) is 48.5 Å². The van der Waals surface area contributed by atoms with Gasteiger partial charge in [-0.2, -0.15) is 0 Å². The van der Waals surface area contributed by atoms with Crippen molar-refractivity contribution in [2.45, 2.75) is 38.5 Å². The molecule has 0 saturated carbocycles. The number of hydrogen-bond donors (Lipinski definition) is 3. The topological polar surface area (TPSA) is 169 Å². The van der Waals surface area contributed by atoms with E-state index in [0.717, 1.165) is 16.0 Å². The molecule has 0 saturated heterocycles. The summed E-state index contributed by atoms with van der Waals surface area (Å²) < 4.78 is 10.5. The third kappa shape index (κ3) is 8.11. The fourth-order valence-corrected chi connectivity index (χ4v) is 3.32. The lowest BCUT2D eigenvalue weighted by Crippen LogP contribution is -2.54. The molecule has 0 fully saturated rings. The molecule has 12 nitrogen and oxygen atoms in total. The molecule has 0 aliphatic rings. The van der Waals surface area contributed by atoms with Gasteiger partial charge in [-0.05, 0) is 38.1 Å². The van der Waals surface area contributed by atoms with Crippen LogP contribution in [0.5, 0.6) is 0 Å². The number of benzene rings is 2. The molecule has 3 N–H and O–H groups in total. The molecule has 2 aromatic carbocycles. The lowest BCUT2D eigenvalue weighted by atomic mass is 10.1. The van der Waals surface area contributed by atoms with Gasteiger partial charge in [-0.1, -0.05) is 35.4 Å². The van der Waals surface area contributed by atoms with E-state index < -0.39 is 54.6 Å². The van der Waals surface area contributed by atoms with Crippen LogP contribution < -0.4 is 5.32 Å². The Hall–Kier alpha value is -4.29. The summed E-state index contributed by atoms with van der Waals surface area (Å²) in [6.07, 6.45) is -4.73. The molecule has 2 aromatic rings. The summed E-state index contributed by atoms with van der Waals surface area (Å²) in [6, 6.07) is 11.0. The number of aliphatic carboxylic acids is 1. The van der Waals surface area contributed by atoms with E-state index in [2.05, 4.69) is 10.2 Å². The molecular weight excluding hydrogens is 500 g/mol. The Morgan fingerprint density at radius 1 is 0.842 bits per heavy atom. The molecule has 0 heterocycles. The van der Waals surface area contributed by atoms with E-state index in [-0.39, 0.29) is 17.5 Å². The van der Waals surface area contributed by atoms with Crippen LogP contribution in [0, 0.1) is 13.8 Å². The lowest BCUT2D eigenvalue weighted by molar-refractivity contribution is -0.251. The van der Waals surface area contributed by atoms with Crippen LogP contribution in [0.1, 0.15) is 38.3 Å². The van der Waals surface area contributed by atoms with Crippen molar-refractivity contribution in [2.75, 3.05) is 20.7 Å². The van der Waals surface area contributed by atoms with Crippen molar-refractivity contribution in [1.82, 2.24) is 10.2 Å². The van der Waals surface area contributed by atoms with Crippen molar-refractivity contribution in [1.29, 1.82) is 0 Å². The maximum atomic E-state index is 13.5. The number of rotatable bonds is 12. The van der Waals surface area contributed by atoms with E-state index in [1.54, 1.807) is 38.1 Å². The number of likely N-dealkylation sites (N-methyl/N-ethyl adjacent to an activating group) is 1. The van der Waals surface area contributed by atoms with E-state index in [1.165, 1.54) is 38.4 Å². The van der Waals surface area contributed by atoms with Crippen molar-refractivity contribution in [3.8, 4) is 0 Å². The van der Waals surface area contributed by atoms with Crippen molar-refractivity contribution in [3.05, 3.63) is 70.8 Å². The Morgan fingerprint density at radius 2 is 1.29 bits per heavy atom. The Kier molecular flexibility index (Phi) is 10.9. The molecular formula is C26H30N2O10. The van der Waals surface area contributed by atoms with Crippen LogP contribution in [0.4, 0.5) is 0 Å². The van der Waals surface area contributed by atoms with Crippen LogP contribution in [-0.4, -0.2) is 83.9 Å². The van der Waals surface area contributed by atoms with Gasteiger partial charge in [0.2, 0.25) is 18.1 Å². The van der Waals surface area contributed by atoms with Gasteiger partial charge in [0.1, 0.15) is 6.61 Å². The third-order valence-corrected chi connectivity index (χ3v) is 5.67. The second-order valence-corrected chi connectivity index (χ2v) is 8.50. The molecule has 12 heteroatoms. The van der Waals surface area contributed by atoms with Gasteiger partial charge in [-0.3, -0.25) is 14.8 Å². The molecule has 0 aliphatic carbocycles. The largest absolute Gasteiger partial charge is 0.478 e. The second kappa shape index (κ2) is 13.9. The minimum Gasteiger partial charge on any atom is -0.478 e. The summed E-state index contributed by atoms with van der Waals surface area (Å²) in [4.78, 5) is 68.2. The molecule has 0 spiro atoms. The van der Waals surface area contributed by atoms with E-state index in [9.17, 15) is 29.1 Å². The van der Waals surface area contributed by atoms with Gasteiger partial charge < -0.3 is 24.8 Å². The minimum atomic E-state index is -2.25. The first-order valence-corrected chi connectivity index (χ1v) is 11.5. The molecule has 38 heavy (non-hydrogen) atoms. The standard InChI is InChI=1S/C26H30N2O10/c1-15-5-9-17(10-6-15)25(33)37-21(23(30)28(4)19(14-36-35)13-20(29)27-3)22(24(31)32)38-26(34)18-11-7-16(2)8-12-18/h5-12,19,21-22,35H,13-14H2,1-4H3,(H,27,29)(H,31,32). The smallest absolute Gasteiger partial charge is 0.349 e. The highest BCUT2D eigenvalue weighted by molar-refractivity contribution is 5.97. The van der Waals surface area contributed by atoms with Gasteiger partial charge >= 0.3 is 17.9 Å². The Bertz CT molecular complexity index is 1150. The van der Waals surface area contributed by atoms with Gasteiger partial charge in [-0.25, -0.2) is 19.3 Å². The number of carbonyl (C=O) groups is 5. The molecule has 2 amide bonds. The summed E-state index contributed by atoms with van der Waals surface area (Å²) >= 11 is 0. The predicted molar refractivity (Wildman–Crippen MR) is 132 cm³/mol. The Morgan fingerprint density at radius 3 is 1.68 bits per heavy atom. The van der Waals surface area contributed by atoms with Crippen LogP contribution in [0.25, 0.3) is 0 Å². The summed E-state index contributed by atoms with van der Waals surface area (Å²) in [5.41, 5.74) is 1.71. The highest BCUT2D eigenvalue weighted by Gasteiger charge is 2.43. The summed E-state index contributed by atoms with van der Waals surface area (Å²) in [6.45, 7) is 3.06. The first-order chi connectivity index (χ1) is 18.0. The highest BCUT2D eigenvalue weighted by Crippen LogP contribution is 2.18. The molecule has 2 rings (SSSR count). The average Bonchev–Trinajstić information content (AvgIpc) is 2.89. The van der Waals surface area contributed by atoms with Crippen molar-refractivity contribution in [2.24, 2.45) is 0 Å². The predicted octanol–water partition coefficient (Wildman–Crippen LogP) is 1.59. The van der Waals surface area contributed by atoms with Crippen LogP contribution >= 0.6 is 0 Å². The molecule has 3 unspecified atom stereocenters. The fraction of sp³-hybridized carbons (Fsp3) is 0.346. The number of nitrogens with one attached hydrogen (secondary N) is 1. The number of nitrogens with zero attached hydrogens (tertiary/aromatic N) is 1. The van der Waals surface area contributed by atoms with Crippen LogP contribution in [0.2, 0.25) is 0 Å². The van der Waals surface area contributed by atoms with Crippen LogP contribution in [0.3, 0.4) is 0 Å². The number of carboxylic acids is 1. The maximum Gasteiger partial charge on any atom is 0.349 e. The number of hydrogen-bond acceptors (Lipinski definition) is 9. The average molecular weight is 531 g/mol. The first kappa shape index (κ1) is 29.9. The van der Waals surface area contributed by atoms with Gasteiger partial charge in [0, 0.05) is 20.5 Å². The van der Waals surface area contributed by atoms with E-state index >= 15 is 0 Å². The van der Waals surface area contributed by atoms with Crippen molar-refractivity contribution in [3.63, 3.8) is 0 Å². The SMILES string of the molecule is CNC(=O)CC(COO)N(C)C(=O)C(OC(=O)c1ccc(C)cc1)C(OC(=O)c1ccc(C)cc1)C(=O)O. The maximum absolute atomic E-state index is 13.5. The Labute approximate surface area is 219 Å². The van der Waals surface area contributed by atoms with Gasteiger partial charge in [0.05, 0.1) is 17.2 Å². The number of esters is 2. The van der Waals surface area contributed by atoms with E-state index in [1.807, 2.05) is 0 Å². The van der Waals surface area contributed by atoms with Gasteiger partial charge in [-0.15, -0.1) is 0 Å². The Balaban J connectivity index is 2.44. The quantitative estimate of drug-likeness (QED) is 0.208. The fourth-order valence-electron chi connectivity index (χ4n) is 3.32. The van der Waals surface area contributed by atoms with Gasteiger partial charge in [0.25, 0.3) is 5.91 Å². The van der Waals surface area contributed by atoms with E-state index in [4.69, 9.17) is 14.7 Å². The highest BCUT2D eigenvalue weighted by atomic mass is 17.1. The van der Waals surface area contributed by atoms with Crippen molar-refractivity contribution < 1.29 is 48.7 Å². The summed E-state index contributed by atoms with van der Waals surface area (Å²) in [7, 11) is 2.56. The zero-order chi connectivity index (χ0) is 28.4. The number of carbonyl (C=O) groups excluding carboxylic acids is 4. The molecule has 3 atom stereocenters. The summed E-state index contributed by atoms with van der Waals surface area (Å²) in [5.74, 6) is -5.49. The van der Waals surface area contributed by atoms with Crippen LogP contribution in [-0.2, 0) is 28.7 Å². The number of aryl methyl sites for hydroxylation is 2. The zero-order valence-electron chi connectivity index (χ0n) is 21.4. The molecule has 0 aliphatic heterocycles. The van der Waals surface area contributed by atoms with Crippen molar-refractivity contribution >= 4 is 29.7 Å². The number of ether oxygens (including phenoxy) is 2. The normalized spacial score (nSPS) is 13.0. The number of amides is 2. The minimum absolute atomic E-state index is 0.0115. The second-order valence-electron chi connectivity index (χ2n) is 8.50. The molecule has 204 valence electrons. The molecule has 0 radical (unpaired) electrons. The third-order valence-electron chi connectivity index (χ3n) is 5.67. The molecule has 0 aromatic heterocycles. The lowest BCUT2D eigenvalue weighted by Gasteiger charge is -2.31. The first-order valence-electron chi connectivity index (χ1n) is 11.5. The summed E-state index contributed by atoms with van der Waals surface area (Å²) in [5, 5.41) is 21.2. The van der Waals surface area contributed by atoms with E-state index in [0.29, 0.717) is 0 Å². The molecule has 0 bridgehead atoms. The van der Waals surface area contributed by atoms with Gasteiger partial charge in [0.15, 0.2) is 0 Å². The number of carboxylic acid groups (broad SMARTS) is 1. The monoisotopic (exact) mass is 530 g/mol. The zero-order valence-corrected chi connectivity index (χ0v) is 21.4.